The molecule has 1 aromatic rings. The molecule has 0 spiro atoms. The van der Waals surface area contributed by atoms with Gasteiger partial charge in [-0.2, -0.15) is 0 Å². The van der Waals surface area contributed by atoms with Gasteiger partial charge in [-0.1, -0.05) is 0 Å². The number of rotatable bonds is 10. The minimum atomic E-state index is -0.168. The molecular formula is C19H30N4O5. The van der Waals surface area contributed by atoms with Crippen molar-refractivity contribution in [1.82, 2.24) is 19.7 Å². The van der Waals surface area contributed by atoms with Crippen molar-refractivity contribution < 1.29 is 24.2 Å². The Bertz CT molecular complexity index is 609. The Labute approximate surface area is 165 Å². The first-order valence-corrected chi connectivity index (χ1v) is 9.46. The summed E-state index contributed by atoms with van der Waals surface area (Å²) in [4.78, 5) is 35.1. The predicted molar refractivity (Wildman–Crippen MR) is 103 cm³/mol. The van der Waals surface area contributed by atoms with Gasteiger partial charge in [0.15, 0.2) is 0 Å². The fourth-order valence-corrected chi connectivity index (χ4v) is 3.03. The van der Waals surface area contributed by atoms with Gasteiger partial charge in [0.2, 0.25) is 0 Å². The van der Waals surface area contributed by atoms with E-state index in [0.29, 0.717) is 57.2 Å². The smallest absolute Gasteiger partial charge is 0.272 e. The largest absolute Gasteiger partial charge is 0.395 e. The zero-order chi connectivity index (χ0) is 20.4. The van der Waals surface area contributed by atoms with E-state index in [1.54, 1.807) is 36.2 Å². The monoisotopic (exact) mass is 394 g/mol. The number of pyridine rings is 1. The topological polar surface area (TPSA) is 95.4 Å². The van der Waals surface area contributed by atoms with Crippen molar-refractivity contribution in [3.8, 4) is 0 Å². The first-order valence-electron chi connectivity index (χ1n) is 9.46. The number of amides is 2. The summed E-state index contributed by atoms with van der Waals surface area (Å²) in [7, 11) is 3.18. The van der Waals surface area contributed by atoms with E-state index in [-0.39, 0.29) is 18.4 Å². The van der Waals surface area contributed by atoms with Crippen LogP contribution in [0.2, 0.25) is 0 Å². The lowest BCUT2D eigenvalue weighted by atomic mass is 10.2. The first-order chi connectivity index (χ1) is 13.6. The van der Waals surface area contributed by atoms with Gasteiger partial charge in [-0.15, -0.1) is 0 Å². The molecular weight excluding hydrogens is 364 g/mol. The molecule has 1 aliphatic rings. The Morgan fingerprint density at radius 3 is 2.25 bits per heavy atom. The Kier molecular flexibility index (Phi) is 9.29. The summed E-state index contributed by atoms with van der Waals surface area (Å²) in [6, 6.07) is 3.23. The van der Waals surface area contributed by atoms with E-state index < -0.39 is 0 Å². The molecule has 0 saturated carbocycles. The molecule has 9 heteroatoms. The van der Waals surface area contributed by atoms with E-state index in [2.05, 4.69) is 9.88 Å². The summed E-state index contributed by atoms with van der Waals surface area (Å²) in [5.74, 6) is -0.309. The molecule has 2 heterocycles. The minimum absolute atomic E-state index is 0.122. The van der Waals surface area contributed by atoms with Crippen LogP contribution in [0.25, 0.3) is 0 Å². The number of aliphatic hydroxyl groups is 1. The molecule has 0 aliphatic carbocycles. The van der Waals surface area contributed by atoms with Gasteiger partial charge in [0.25, 0.3) is 11.8 Å². The van der Waals surface area contributed by atoms with Gasteiger partial charge in [0.1, 0.15) is 5.69 Å². The van der Waals surface area contributed by atoms with Crippen molar-refractivity contribution in [2.24, 2.45) is 0 Å². The maximum atomic E-state index is 12.7. The van der Waals surface area contributed by atoms with Crippen LogP contribution in [0.15, 0.2) is 18.3 Å². The summed E-state index contributed by atoms with van der Waals surface area (Å²) < 4.78 is 10.1. The summed E-state index contributed by atoms with van der Waals surface area (Å²) in [6.45, 7) is 5.19. The van der Waals surface area contributed by atoms with Crippen LogP contribution in [0.4, 0.5) is 0 Å². The molecule has 1 fully saturated rings. The lowest BCUT2D eigenvalue weighted by molar-refractivity contribution is 0.0604. The third kappa shape index (κ3) is 6.23. The van der Waals surface area contributed by atoms with Crippen molar-refractivity contribution in [3.63, 3.8) is 0 Å². The molecule has 156 valence electrons. The van der Waals surface area contributed by atoms with E-state index in [4.69, 9.17) is 14.6 Å². The van der Waals surface area contributed by atoms with Crippen molar-refractivity contribution in [2.75, 3.05) is 79.9 Å². The average molecular weight is 394 g/mol. The molecule has 0 radical (unpaired) electrons. The quantitative estimate of drug-likeness (QED) is 0.575. The standard InChI is InChI=1S/C19H30N4O5/c1-27-13-10-23(11-14-28-2)18(25)16-3-4-17(20-15-16)19(26)22-7-5-21(6-8-22)9-12-24/h3-4,15,24H,5-14H2,1-2H3. The number of aromatic nitrogens is 1. The molecule has 0 aromatic carbocycles. The number of piperazine rings is 1. The van der Waals surface area contributed by atoms with Crippen LogP contribution in [-0.4, -0.2) is 116 Å². The second kappa shape index (κ2) is 11.7. The molecule has 1 aliphatic heterocycles. The highest BCUT2D eigenvalue weighted by molar-refractivity contribution is 5.96. The van der Waals surface area contributed by atoms with Crippen molar-refractivity contribution in [3.05, 3.63) is 29.6 Å². The van der Waals surface area contributed by atoms with Gasteiger partial charge in [-0.3, -0.25) is 19.5 Å². The molecule has 2 amide bonds. The zero-order valence-electron chi connectivity index (χ0n) is 16.7. The van der Waals surface area contributed by atoms with Crippen LogP contribution in [0, 0.1) is 0 Å². The van der Waals surface area contributed by atoms with Gasteiger partial charge in [-0.25, -0.2) is 0 Å². The molecule has 9 nitrogen and oxygen atoms in total. The minimum Gasteiger partial charge on any atom is -0.395 e. The summed E-state index contributed by atoms with van der Waals surface area (Å²) in [6.07, 6.45) is 1.45. The predicted octanol–water partition coefficient (Wildman–Crippen LogP) is -0.433. The second-order valence-electron chi connectivity index (χ2n) is 6.57. The van der Waals surface area contributed by atoms with Gasteiger partial charge in [-0.05, 0) is 12.1 Å². The first kappa shape index (κ1) is 22.2. The zero-order valence-corrected chi connectivity index (χ0v) is 16.7. The van der Waals surface area contributed by atoms with Crippen molar-refractivity contribution >= 4 is 11.8 Å². The fraction of sp³-hybridized carbons (Fsp3) is 0.632. The lowest BCUT2D eigenvalue weighted by Crippen LogP contribution is -2.49. The molecule has 0 unspecified atom stereocenters. The van der Waals surface area contributed by atoms with Gasteiger partial charge >= 0.3 is 0 Å². The van der Waals surface area contributed by atoms with Crippen LogP contribution in [0.1, 0.15) is 20.8 Å². The highest BCUT2D eigenvalue weighted by Crippen LogP contribution is 2.10. The molecule has 2 rings (SSSR count). The highest BCUT2D eigenvalue weighted by Gasteiger charge is 2.23. The molecule has 0 atom stereocenters. The summed E-state index contributed by atoms with van der Waals surface area (Å²) >= 11 is 0. The maximum absolute atomic E-state index is 12.7. The fourth-order valence-electron chi connectivity index (χ4n) is 3.03. The second-order valence-corrected chi connectivity index (χ2v) is 6.57. The molecule has 1 saturated heterocycles. The van der Waals surface area contributed by atoms with Crippen LogP contribution in [0.5, 0.6) is 0 Å². The van der Waals surface area contributed by atoms with E-state index in [1.165, 1.54) is 6.20 Å². The third-order valence-electron chi connectivity index (χ3n) is 4.72. The number of nitrogens with zero attached hydrogens (tertiary/aromatic N) is 4. The number of hydrogen-bond donors (Lipinski definition) is 1. The van der Waals surface area contributed by atoms with Crippen LogP contribution in [-0.2, 0) is 9.47 Å². The van der Waals surface area contributed by atoms with Crippen LogP contribution >= 0.6 is 0 Å². The Morgan fingerprint density at radius 1 is 1.11 bits per heavy atom. The number of aliphatic hydroxyl groups excluding tert-OH is 1. The van der Waals surface area contributed by atoms with E-state index in [9.17, 15) is 9.59 Å². The van der Waals surface area contributed by atoms with Crippen LogP contribution in [0.3, 0.4) is 0 Å². The number of carbonyl (C=O) groups is 2. The Hall–Kier alpha value is -2.07. The van der Waals surface area contributed by atoms with E-state index in [1.807, 2.05) is 0 Å². The highest BCUT2D eigenvalue weighted by atomic mass is 16.5. The van der Waals surface area contributed by atoms with Gasteiger partial charge in [0.05, 0.1) is 25.4 Å². The van der Waals surface area contributed by atoms with Gasteiger partial charge < -0.3 is 24.4 Å². The molecule has 0 bridgehead atoms. The number of hydrogen-bond acceptors (Lipinski definition) is 7. The SMILES string of the molecule is COCCN(CCOC)C(=O)c1ccc(C(=O)N2CCN(CCO)CC2)nc1. The summed E-state index contributed by atoms with van der Waals surface area (Å²) in [5.41, 5.74) is 0.754. The average Bonchev–Trinajstić information content (AvgIpc) is 2.74. The number of methoxy groups -OCH3 is 2. The maximum Gasteiger partial charge on any atom is 0.272 e. The van der Waals surface area contributed by atoms with E-state index in [0.717, 1.165) is 13.1 Å². The van der Waals surface area contributed by atoms with E-state index >= 15 is 0 Å². The van der Waals surface area contributed by atoms with Crippen molar-refractivity contribution in [1.29, 1.82) is 0 Å². The normalized spacial score (nSPS) is 14.9. The summed E-state index contributed by atoms with van der Waals surface area (Å²) in [5, 5.41) is 9.00. The molecule has 1 N–H and O–H groups in total. The lowest BCUT2D eigenvalue weighted by Gasteiger charge is -2.34. The Balaban J connectivity index is 1.97. The molecule has 28 heavy (non-hydrogen) atoms. The van der Waals surface area contributed by atoms with Crippen LogP contribution < -0.4 is 0 Å². The number of carbonyl (C=O) groups excluding carboxylic acids is 2. The third-order valence-corrected chi connectivity index (χ3v) is 4.72. The number of β-amino-alcohol motifs (C(OH)–C–C–N with tert-alkyl or cyclic N) is 1. The van der Waals surface area contributed by atoms with Crippen molar-refractivity contribution in [2.45, 2.75) is 0 Å². The Morgan fingerprint density at radius 2 is 1.75 bits per heavy atom. The molecule has 1 aromatic heterocycles. The number of ether oxygens (including phenoxy) is 2. The van der Waals surface area contributed by atoms with Gasteiger partial charge in [0, 0.05) is 66.2 Å².